The van der Waals surface area contributed by atoms with Crippen molar-refractivity contribution in [3.63, 3.8) is 0 Å². The van der Waals surface area contributed by atoms with Crippen molar-refractivity contribution in [2.45, 2.75) is 19.3 Å². The van der Waals surface area contributed by atoms with Gasteiger partial charge in [0.2, 0.25) is 0 Å². The first-order chi connectivity index (χ1) is 8.35. The van der Waals surface area contributed by atoms with Gasteiger partial charge in [0.15, 0.2) is 0 Å². The van der Waals surface area contributed by atoms with E-state index in [1.54, 1.807) is 26.0 Å². The molecule has 2 rings (SSSR count). The minimum absolute atomic E-state index is 0.171. The fraction of sp³-hybridized carbons (Fsp3) is 0.333. The lowest BCUT2D eigenvalue weighted by molar-refractivity contribution is 0.214. The third-order valence-electron chi connectivity index (χ3n) is 2.77. The maximum Gasteiger partial charge on any atom is 0.270 e. The third-order valence-corrected chi connectivity index (χ3v) is 3.49. The van der Waals surface area contributed by atoms with Crippen LogP contribution in [0.15, 0.2) is 16.9 Å². The van der Waals surface area contributed by atoms with Gasteiger partial charge in [0.05, 0.1) is 27.7 Å². The average Bonchev–Trinajstić information content (AvgIpc) is 2.30. The molecule has 0 spiro atoms. The van der Waals surface area contributed by atoms with Crippen LogP contribution in [-0.4, -0.2) is 21.7 Å². The highest BCUT2D eigenvalue weighted by Gasteiger charge is 2.25. The Labute approximate surface area is 114 Å². The van der Waals surface area contributed by atoms with E-state index >= 15 is 0 Å². The smallest absolute Gasteiger partial charge is 0.270 e. The number of aromatic amines is 1. The standard InChI is InChI=1S/C12H12Cl2N2O2/c1-12(2,5-17)10-11(18)16-9-4-7(14)6(13)3-8(9)15-10/h3-4,17H,5H2,1-2H3,(H,16,18). The van der Waals surface area contributed by atoms with Gasteiger partial charge in [-0.05, 0) is 12.1 Å². The Bertz CT molecular complexity index is 665. The van der Waals surface area contributed by atoms with Gasteiger partial charge in [0, 0.05) is 5.41 Å². The highest BCUT2D eigenvalue weighted by molar-refractivity contribution is 6.42. The van der Waals surface area contributed by atoms with E-state index in [0.29, 0.717) is 21.1 Å². The van der Waals surface area contributed by atoms with E-state index < -0.39 is 5.41 Å². The molecule has 0 atom stereocenters. The van der Waals surface area contributed by atoms with Gasteiger partial charge >= 0.3 is 0 Å². The summed E-state index contributed by atoms with van der Waals surface area (Å²) in [6.07, 6.45) is 0. The Morgan fingerprint density at radius 1 is 1.33 bits per heavy atom. The van der Waals surface area contributed by atoms with Gasteiger partial charge in [-0.15, -0.1) is 0 Å². The van der Waals surface area contributed by atoms with Crippen LogP contribution < -0.4 is 5.56 Å². The molecule has 4 nitrogen and oxygen atoms in total. The van der Waals surface area contributed by atoms with Gasteiger partial charge in [-0.2, -0.15) is 0 Å². The predicted molar refractivity (Wildman–Crippen MR) is 72.5 cm³/mol. The molecule has 0 aliphatic heterocycles. The van der Waals surface area contributed by atoms with E-state index in [4.69, 9.17) is 23.2 Å². The molecule has 1 aromatic carbocycles. The predicted octanol–water partition coefficient (Wildman–Crippen LogP) is 2.50. The lowest BCUT2D eigenvalue weighted by Crippen LogP contribution is -2.32. The molecule has 1 heterocycles. The summed E-state index contributed by atoms with van der Waals surface area (Å²) in [7, 11) is 0. The first-order valence-corrected chi connectivity index (χ1v) is 6.11. The molecule has 0 saturated heterocycles. The number of halogens is 2. The van der Waals surface area contributed by atoms with Gasteiger partial charge in [-0.1, -0.05) is 37.0 Å². The second-order valence-electron chi connectivity index (χ2n) is 4.74. The number of hydrogen-bond acceptors (Lipinski definition) is 3. The summed E-state index contributed by atoms with van der Waals surface area (Å²) in [6, 6.07) is 3.15. The van der Waals surface area contributed by atoms with Crippen molar-refractivity contribution in [2.24, 2.45) is 0 Å². The van der Waals surface area contributed by atoms with Crippen LogP contribution in [0.5, 0.6) is 0 Å². The summed E-state index contributed by atoms with van der Waals surface area (Å²) < 4.78 is 0. The zero-order valence-electron chi connectivity index (χ0n) is 9.92. The number of rotatable bonds is 2. The van der Waals surface area contributed by atoms with Gasteiger partial charge in [0.25, 0.3) is 5.56 Å². The molecule has 0 bridgehead atoms. The van der Waals surface area contributed by atoms with Crippen LogP contribution in [0.3, 0.4) is 0 Å². The summed E-state index contributed by atoms with van der Waals surface area (Å²) in [6.45, 7) is 3.32. The Morgan fingerprint density at radius 3 is 2.56 bits per heavy atom. The molecule has 0 fully saturated rings. The van der Waals surface area contributed by atoms with E-state index in [2.05, 4.69) is 9.97 Å². The minimum Gasteiger partial charge on any atom is -0.395 e. The van der Waals surface area contributed by atoms with Crippen molar-refractivity contribution >= 4 is 34.2 Å². The van der Waals surface area contributed by atoms with Gasteiger partial charge in [-0.3, -0.25) is 4.79 Å². The molecular formula is C12H12Cl2N2O2. The minimum atomic E-state index is -0.714. The Kier molecular flexibility index (Phi) is 3.36. The molecular weight excluding hydrogens is 275 g/mol. The van der Waals surface area contributed by atoms with Gasteiger partial charge < -0.3 is 10.1 Å². The number of nitrogens with zero attached hydrogens (tertiary/aromatic N) is 1. The van der Waals surface area contributed by atoms with Crippen molar-refractivity contribution in [3.8, 4) is 0 Å². The van der Waals surface area contributed by atoms with E-state index in [0.717, 1.165) is 0 Å². The van der Waals surface area contributed by atoms with Crippen LogP contribution in [0.1, 0.15) is 19.5 Å². The highest BCUT2D eigenvalue weighted by Crippen LogP contribution is 2.26. The van der Waals surface area contributed by atoms with Crippen LogP contribution >= 0.6 is 23.2 Å². The molecule has 2 aromatic rings. The fourth-order valence-corrected chi connectivity index (χ4v) is 1.94. The normalized spacial score (nSPS) is 12.1. The van der Waals surface area contributed by atoms with Crippen LogP contribution in [0.4, 0.5) is 0 Å². The first-order valence-electron chi connectivity index (χ1n) is 5.35. The second kappa shape index (κ2) is 4.53. The van der Waals surface area contributed by atoms with Crippen molar-refractivity contribution < 1.29 is 5.11 Å². The number of nitrogens with one attached hydrogen (secondary N) is 1. The number of hydrogen-bond donors (Lipinski definition) is 2. The van der Waals surface area contributed by atoms with E-state index in [1.165, 1.54) is 0 Å². The Hall–Kier alpha value is -1.10. The maximum atomic E-state index is 11.9. The maximum absolute atomic E-state index is 11.9. The van der Waals surface area contributed by atoms with Crippen LogP contribution in [0.25, 0.3) is 11.0 Å². The van der Waals surface area contributed by atoms with Gasteiger partial charge in [-0.25, -0.2) is 4.98 Å². The zero-order chi connectivity index (χ0) is 13.5. The molecule has 0 aliphatic rings. The summed E-state index contributed by atoms with van der Waals surface area (Å²) in [5.74, 6) is 0. The number of H-pyrrole nitrogens is 1. The first kappa shape index (κ1) is 13.3. The monoisotopic (exact) mass is 286 g/mol. The summed E-state index contributed by atoms with van der Waals surface area (Å²) in [4.78, 5) is 18.9. The molecule has 96 valence electrons. The summed E-state index contributed by atoms with van der Waals surface area (Å²) >= 11 is 11.8. The molecule has 6 heteroatoms. The number of aromatic nitrogens is 2. The van der Waals surface area contributed by atoms with E-state index in [1.807, 2.05) is 0 Å². The summed E-state index contributed by atoms with van der Waals surface area (Å²) in [5.41, 5.74) is 0.289. The average molecular weight is 287 g/mol. The SMILES string of the molecule is CC(C)(CO)c1nc2cc(Cl)c(Cl)cc2[nH]c1=O. The number of fused-ring (bicyclic) bond motifs is 1. The highest BCUT2D eigenvalue weighted by atomic mass is 35.5. The summed E-state index contributed by atoms with van der Waals surface area (Å²) in [5, 5.41) is 10.0. The van der Waals surface area contributed by atoms with Crippen LogP contribution in [0, 0.1) is 0 Å². The second-order valence-corrected chi connectivity index (χ2v) is 5.55. The van der Waals surface area contributed by atoms with E-state index in [9.17, 15) is 9.90 Å². The molecule has 0 radical (unpaired) electrons. The van der Waals surface area contributed by atoms with Crippen LogP contribution in [0.2, 0.25) is 10.0 Å². The quantitative estimate of drug-likeness (QED) is 0.891. The van der Waals surface area contributed by atoms with Gasteiger partial charge in [0.1, 0.15) is 5.69 Å². The molecule has 18 heavy (non-hydrogen) atoms. The molecule has 1 aromatic heterocycles. The van der Waals surface area contributed by atoms with Crippen molar-refractivity contribution in [2.75, 3.05) is 6.61 Å². The number of benzene rings is 1. The van der Waals surface area contributed by atoms with E-state index in [-0.39, 0.29) is 17.9 Å². The molecule has 0 amide bonds. The largest absolute Gasteiger partial charge is 0.395 e. The number of aliphatic hydroxyl groups excluding tert-OH is 1. The van der Waals surface area contributed by atoms with Crippen molar-refractivity contribution in [3.05, 3.63) is 38.2 Å². The lowest BCUT2D eigenvalue weighted by atomic mass is 9.90. The van der Waals surface area contributed by atoms with Crippen molar-refractivity contribution in [1.82, 2.24) is 9.97 Å². The molecule has 0 saturated carbocycles. The lowest BCUT2D eigenvalue weighted by Gasteiger charge is -2.20. The number of aliphatic hydroxyl groups is 1. The molecule has 0 aliphatic carbocycles. The Balaban J connectivity index is 2.77. The fourth-order valence-electron chi connectivity index (χ4n) is 1.62. The van der Waals surface area contributed by atoms with Crippen LogP contribution in [-0.2, 0) is 5.41 Å². The third kappa shape index (κ3) is 2.23. The zero-order valence-corrected chi connectivity index (χ0v) is 11.4. The molecule has 0 unspecified atom stereocenters. The topological polar surface area (TPSA) is 66.0 Å². The Morgan fingerprint density at radius 2 is 1.94 bits per heavy atom. The van der Waals surface area contributed by atoms with Crippen molar-refractivity contribution in [1.29, 1.82) is 0 Å². The molecule has 2 N–H and O–H groups in total.